The van der Waals surface area contributed by atoms with Crippen molar-refractivity contribution in [1.29, 1.82) is 0 Å². The van der Waals surface area contributed by atoms with E-state index in [2.05, 4.69) is 5.32 Å². The molecule has 202 valence electrons. The van der Waals surface area contributed by atoms with Crippen LogP contribution in [0.1, 0.15) is 19.4 Å². The number of anilines is 1. The van der Waals surface area contributed by atoms with Crippen molar-refractivity contribution in [2.45, 2.75) is 31.3 Å². The third-order valence-corrected chi connectivity index (χ3v) is 8.47. The Kier molecular flexibility index (Phi) is 10.0. The molecule has 0 saturated heterocycles. The molecular weight excluding hydrogens is 576 g/mol. The van der Waals surface area contributed by atoms with Crippen LogP contribution in [0.15, 0.2) is 71.6 Å². The minimum atomic E-state index is -4.29. The molecule has 0 radical (unpaired) electrons. The van der Waals surface area contributed by atoms with Crippen LogP contribution in [0.25, 0.3) is 0 Å². The van der Waals surface area contributed by atoms with Gasteiger partial charge in [-0.05, 0) is 61.9 Å². The summed E-state index contributed by atoms with van der Waals surface area (Å²) in [6.07, 6.45) is 0. The summed E-state index contributed by atoms with van der Waals surface area (Å²) >= 11 is 18.1. The molecule has 12 heteroatoms. The number of benzene rings is 3. The molecule has 0 aliphatic carbocycles. The maximum absolute atomic E-state index is 13.9. The highest BCUT2D eigenvalue weighted by molar-refractivity contribution is 7.92. The summed E-state index contributed by atoms with van der Waals surface area (Å²) in [5.41, 5.74) is 0.556. The van der Waals surface area contributed by atoms with E-state index in [4.69, 9.17) is 34.8 Å². The SMILES string of the molecule is CCNC(=O)C(C)N(Cc1ccc(Cl)c(Cl)c1)C(=O)CN(c1ccc(F)c(Cl)c1)S(=O)(=O)c1ccccc1. The predicted octanol–water partition coefficient (Wildman–Crippen LogP) is 5.53. The second-order valence-corrected chi connectivity index (χ2v) is 11.3. The average Bonchev–Trinajstić information content (AvgIpc) is 2.89. The zero-order chi connectivity index (χ0) is 28.0. The first-order valence-electron chi connectivity index (χ1n) is 11.5. The summed E-state index contributed by atoms with van der Waals surface area (Å²) in [7, 11) is -4.29. The summed E-state index contributed by atoms with van der Waals surface area (Å²) in [6, 6.07) is 14.6. The summed E-state index contributed by atoms with van der Waals surface area (Å²) in [5, 5.41) is 2.94. The number of sulfonamides is 1. The van der Waals surface area contributed by atoms with Gasteiger partial charge in [0.25, 0.3) is 10.0 Å². The Labute approximate surface area is 236 Å². The van der Waals surface area contributed by atoms with E-state index in [9.17, 15) is 22.4 Å². The zero-order valence-electron chi connectivity index (χ0n) is 20.5. The van der Waals surface area contributed by atoms with Crippen LogP contribution < -0.4 is 9.62 Å². The van der Waals surface area contributed by atoms with Gasteiger partial charge in [-0.25, -0.2) is 12.8 Å². The first-order chi connectivity index (χ1) is 17.9. The van der Waals surface area contributed by atoms with Crippen molar-refractivity contribution < 1.29 is 22.4 Å². The minimum absolute atomic E-state index is 0.0197. The van der Waals surface area contributed by atoms with Gasteiger partial charge in [0.05, 0.1) is 25.7 Å². The van der Waals surface area contributed by atoms with Crippen molar-refractivity contribution >= 4 is 62.3 Å². The number of carbonyl (C=O) groups is 2. The summed E-state index contributed by atoms with van der Waals surface area (Å²) in [4.78, 5) is 27.6. The molecule has 0 aliphatic heterocycles. The number of carbonyl (C=O) groups excluding carboxylic acids is 2. The highest BCUT2D eigenvalue weighted by Crippen LogP contribution is 2.29. The second kappa shape index (κ2) is 12.8. The number of amides is 2. The zero-order valence-corrected chi connectivity index (χ0v) is 23.6. The third-order valence-electron chi connectivity index (χ3n) is 5.66. The molecule has 1 unspecified atom stereocenters. The van der Waals surface area contributed by atoms with Gasteiger partial charge in [0.2, 0.25) is 11.8 Å². The number of hydrogen-bond donors (Lipinski definition) is 1. The van der Waals surface area contributed by atoms with Crippen LogP contribution in [-0.4, -0.2) is 44.3 Å². The Morgan fingerprint density at radius 3 is 2.24 bits per heavy atom. The van der Waals surface area contributed by atoms with Gasteiger partial charge in [0.15, 0.2) is 0 Å². The summed E-state index contributed by atoms with van der Waals surface area (Å²) in [5.74, 6) is -1.86. The monoisotopic (exact) mass is 599 g/mol. The van der Waals surface area contributed by atoms with Crippen LogP contribution >= 0.6 is 34.8 Å². The number of likely N-dealkylation sites (N-methyl/N-ethyl adjacent to an activating group) is 1. The molecule has 0 spiro atoms. The number of rotatable bonds is 10. The Morgan fingerprint density at radius 2 is 1.63 bits per heavy atom. The first-order valence-corrected chi connectivity index (χ1v) is 14.1. The fraction of sp³-hybridized carbons (Fsp3) is 0.231. The molecule has 38 heavy (non-hydrogen) atoms. The summed E-state index contributed by atoms with van der Waals surface area (Å²) < 4.78 is 42.0. The molecule has 3 aromatic rings. The number of nitrogens with one attached hydrogen (secondary N) is 1. The topological polar surface area (TPSA) is 86.8 Å². The average molecular weight is 601 g/mol. The number of nitrogens with zero attached hydrogens (tertiary/aromatic N) is 2. The van der Waals surface area contributed by atoms with Gasteiger partial charge in [-0.2, -0.15) is 0 Å². The Bertz CT molecular complexity index is 1420. The van der Waals surface area contributed by atoms with Crippen LogP contribution in [0.4, 0.5) is 10.1 Å². The lowest BCUT2D eigenvalue weighted by molar-refractivity contribution is -0.139. The number of halogens is 4. The fourth-order valence-corrected chi connectivity index (χ4v) is 5.55. The number of hydrogen-bond acceptors (Lipinski definition) is 4. The fourth-order valence-electron chi connectivity index (χ4n) is 3.63. The van der Waals surface area contributed by atoms with Gasteiger partial charge in [0.1, 0.15) is 18.4 Å². The van der Waals surface area contributed by atoms with E-state index in [0.717, 1.165) is 16.4 Å². The van der Waals surface area contributed by atoms with E-state index in [1.54, 1.807) is 31.2 Å². The van der Waals surface area contributed by atoms with E-state index in [1.807, 2.05) is 0 Å². The van der Waals surface area contributed by atoms with Crippen molar-refractivity contribution in [2.75, 3.05) is 17.4 Å². The van der Waals surface area contributed by atoms with Crippen LogP contribution in [-0.2, 0) is 26.2 Å². The largest absolute Gasteiger partial charge is 0.355 e. The maximum Gasteiger partial charge on any atom is 0.264 e. The van der Waals surface area contributed by atoms with Crippen molar-refractivity contribution in [2.24, 2.45) is 0 Å². The quantitative estimate of drug-likeness (QED) is 0.331. The lowest BCUT2D eigenvalue weighted by atomic mass is 10.1. The predicted molar refractivity (Wildman–Crippen MR) is 148 cm³/mol. The van der Waals surface area contributed by atoms with E-state index in [1.165, 1.54) is 42.2 Å². The molecule has 7 nitrogen and oxygen atoms in total. The molecule has 0 fully saturated rings. The Hall–Kier alpha value is -2.85. The van der Waals surface area contributed by atoms with E-state index in [-0.39, 0.29) is 27.2 Å². The lowest BCUT2D eigenvalue weighted by Crippen LogP contribution is -2.51. The van der Waals surface area contributed by atoms with Crippen molar-refractivity contribution in [3.63, 3.8) is 0 Å². The normalized spacial score (nSPS) is 12.1. The molecule has 3 aromatic carbocycles. The maximum atomic E-state index is 13.9. The van der Waals surface area contributed by atoms with Crippen LogP contribution in [0.2, 0.25) is 15.1 Å². The first kappa shape index (κ1) is 29.7. The Balaban J connectivity index is 2.05. The molecule has 0 bridgehead atoms. The van der Waals surface area contributed by atoms with Crippen molar-refractivity contribution in [3.8, 4) is 0 Å². The molecule has 1 atom stereocenters. The third kappa shape index (κ3) is 6.96. The van der Waals surface area contributed by atoms with Gasteiger partial charge < -0.3 is 10.2 Å². The standard InChI is InChI=1S/C26H25Cl3FN3O4S/c1-3-31-26(35)17(2)32(15-18-9-11-21(27)22(28)13-18)25(34)16-33(19-10-12-24(30)23(29)14-19)38(36,37)20-7-5-4-6-8-20/h4-14,17H,3,15-16H2,1-2H3,(H,31,35). The van der Waals surface area contributed by atoms with Gasteiger partial charge in [0, 0.05) is 13.1 Å². The lowest BCUT2D eigenvalue weighted by Gasteiger charge is -2.32. The van der Waals surface area contributed by atoms with Crippen LogP contribution in [0.3, 0.4) is 0 Å². The van der Waals surface area contributed by atoms with Gasteiger partial charge in [-0.3, -0.25) is 13.9 Å². The highest BCUT2D eigenvalue weighted by Gasteiger charge is 2.32. The van der Waals surface area contributed by atoms with Gasteiger partial charge >= 0.3 is 0 Å². The molecule has 3 rings (SSSR count). The van der Waals surface area contributed by atoms with Crippen molar-refractivity contribution in [3.05, 3.63) is 93.2 Å². The summed E-state index contributed by atoms with van der Waals surface area (Å²) in [6.45, 7) is 2.86. The molecule has 1 N–H and O–H groups in total. The minimum Gasteiger partial charge on any atom is -0.355 e. The molecule has 2 amide bonds. The smallest absolute Gasteiger partial charge is 0.264 e. The van der Waals surface area contributed by atoms with Crippen LogP contribution in [0, 0.1) is 5.82 Å². The van der Waals surface area contributed by atoms with E-state index >= 15 is 0 Å². The van der Waals surface area contributed by atoms with Gasteiger partial charge in [-0.1, -0.05) is 59.1 Å². The molecular formula is C26H25Cl3FN3O4S. The van der Waals surface area contributed by atoms with E-state index in [0.29, 0.717) is 17.1 Å². The molecule has 0 aromatic heterocycles. The van der Waals surface area contributed by atoms with E-state index < -0.39 is 40.2 Å². The Morgan fingerprint density at radius 1 is 0.947 bits per heavy atom. The molecule has 0 saturated carbocycles. The molecule has 0 aliphatic rings. The van der Waals surface area contributed by atoms with Crippen LogP contribution in [0.5, 0.6) is 0 Å². The highest BCUT2D eigenvalue weighted by atomic mass is 35.5. The molecule has 0 heterocycles. The van der Waals surface area contributed by atoms with Crippen molar-refractivity contribution in [1.82, 2.24) is 10.2 Å². The van der Waals surface area contributed by atoms with Gasteiger partial charge in [-0.15, -0.1) is 0 Å². The second-order valence-electron chi connectivity index (χ2n) is 8.26.